The van der Waals surface area contributed by atoms with Crippen LogP contribution in [0.5, 0.6) is 0 Å². The van der Waals surface area contributed by atoms with Gasteiger partial charge in [0.15, 0.2) is 0 Å². The van der Waals surface area contributed by atoms with Crippen molar-refractivity contribution < 1.29 is 21.7 Å². The molecule has 3 heteroatoms. The maximum Gasteiger partial charge on any atom is 0 e. The second-order valence-electron chi connectivity index (χ2n) is 2.56. The molecule has 74 valence electrons. The maximum absolute atomic E-state index is 3.28. The minimum atomic E-state index is 0. The Balaban J connectivity index is 0. The molecule has 0 N–H and O–H groups in total. The van der Waals surface area contributed by atoms with Crippen LogP contribution in [0.3, 0.4) is 0 Å². The van der Waals surface area contributed by atoms with Gasteiger partial charge < -0.3 is 0 Å². The van der Waals surface area contributed by atoms with E-state index in [1.54, 1.807) is 0 Å². The smallest absolute Gasteiger partial charge is 0 e. The van der Waals surface area contributed by atoms with Crippen molar-refractivity contribution in [3.05, 3.63) is 54.1 Å². The summed E-state index contributed by atoms with van der Waals surface area (Å²) in [6.45, 7) is 0. The molecule has 0 atom stereocenters. The van der Waals surface area contributed by atoms with Gasteiger partial charge in [0, 0.05) is 21.7 Å². The third kappa shape index (κ3) is 4.02. The van der Waals surface area contributed by atoms with Crippen molar-refractivity contribution in [1.29, 1.82) is 0 Å². The van der Waals surface area contributed by atoms with E-state index in [0.717, 1.165) is 6.42 Å². The first-order chi connectivity index (χ1) is 5.47. The molecule has 0 saturated carbocycles. The van der Waals surface area contributed by atoms with Crippen LogP contribution in [0.15, 0.2) is 42.5 Å². The van der Waals surface area contributed by atoms with Gasteiger partial charge in [-0.1, -0.05) is 24.6 Å². The molecule has 0 nitrogen and oxygen atoms in total. The van der Waals surface area contributed by atoms with Crippen molar-refractivity contribution in [2.45, 2.75) is 6.42 Å². The standard InChI is InChI=1S/C11H9.2ClH.Ti/c1-2-6-10(7-3-1)11-8-4-5-9-11;;;/h1-4,6-8H,5H2;2*1H;/q-1;;;. The summed E-state index contributed by atoms with van der Waals surface area (Å²) in [6.07, 6.45) is 8.49. The third-order valence-corrected chi connectivity index (χ3v) is 1.78. The van der Waals surface area contributed by atoms with Gasteiger partial charge >= 0.3 is 0 Å². The Morgan fingerprint density at radius 1 is 1.00 bits per heavy atom. The van der Waals surface area contributed by atoms with Crippen LogP contribution in [0.1, 0.15) is 12.0 Å². The molecule has 0 heterocycles. The number of rotatable bonds is 1. The Morgan fingerprint density at radius 2 is 1.64 bits per heavy atom. The first-order valence-electron chi connectivity index (χ1n) is 3.79. The summed E-state index contributed by atoms with van der Waals surface area (Å²) in [5.74, 6) is 0. The Kier molecular flexibility index (Phi) is 9.76. The largest absolute Gasteiger partial charge is 0.197 e. The van der Waals surface area contributed by atoms with E-state index in [1.807, 2.05) is 6.07 Å². The predicted octanol–water partition coefficient (Wildman–Crippen LogP) is 3.67. The van der Waals surface area contributed by atoms with Gasteiger partial charge in [-0.05, 0) is 0 Å². The first-order valence-corrected chi connectivity index (χ1v) is 3.79. The molecule has 0 unspecified atom stereocenters. The fourth-order valence-corrected chi connectivity index (χ4v) is 1.22. The zero-order valence-electron chi connectivity index (χ0n) is 7.57. The quantitative estimate of drug-likeness (QED) is 0.535. The van der Waals surface area contributed by atoms with Gasteiger partial charge in [-0.25, -0.2) is 0 Å². The monoisotopic (exact) mass is 261 g/mol. The van der Waals surface area contributed by atoms with E-state index in [2.05, 4.69) is 42.5 Å². The van der Waals surface area contributed by atoms with Crippen LogP contribution in [0, 0.1) is 6.08 Å². The molecule has 0 amide bonds. The van der Waals surface area contributed by atoms with Gasteiger partial charge in [0.25, 0.3) is 0 Å². The Hall–Kier alpha value is -0.00571. The van der Waals surface area contributed by atoms with E-state index in [0.29, 0.717) is 0 Å². The normalized spacial score (nSPS) is 11.9. The number of hydrogen-bond donors (Lipinski definition) is 0. The molecule has 0 aliphatic heterocycles. The topological polar surface area (TPSA) is 0 Å². The summed E-state index contributed by atoms with van der Waals surface area (Å²) in [6, 6.07) is 10.4. The summed E-state index contributed by atoms with van der Waals surface area (Å²) >= 11 is 0. The maximum atomic E-state index is 3.28. The molecule has 1 aliphatic carbocycles. The summed E-state index contributed by atoms with van der Waals surface area (Å²) in [5, 5.41) is 0. The Morgan fingerprint density at radius 3 is 2.14 bits per heavy atom. The van der Waals surface area contributed by atoms with Crippen molar-refractivity contribution >= 4 is 30.4 Å². The molecule has 1 aliphatic rings. The van der Waals surface area contributed by atoms with E-state index in [1.165, 1.54) is 11.1 Å². The van der Waals surface area contributed by atoms with Gasteiger partial charge in [0.05, 0.1) is 0 Å². The molecule has 0 aromatic heterocycles. The van der Waals surface area contributed by atoms with Crippen LogP contribution in [0.4, 0.5) is 0 Å². The predicted molar refractivity (Wildman–Crippen MR) is 61.3 cm³/mol. The van der Waals surface area contributed by atoms with Crippen molar-refractivity contribution in [1.82, 2.24) is 0 Å². The first kappa shape index (κ1) is 16.4. The van der Waals surface area contributed by atoms with E-state index >= 15 is 0 Å². The van der Waals surface area contributed by atoms with Crippen LogP contribution in [0.25, 0.3) is 5.57 Å². The summed E-state index contributed by atoms with van der Waals surface area (Å²) < 4.78 is 0. The average molecular weight is 262 g/mol. The van der Waals surface area contributed by atoms with Crippen LogP contribution >= 0.6 is 24.8 Å². The van der Waals surface area contributed by atoms with Crippen LogP contribution < -0.4 is 0 Å². The summed E-state index contributed by atoms with van der Waals surface area (Å²) in [5.41, 5.74) is 2.49. The van der Waals surface area contributed by atoms with E-state index in [4.69, 9.17) is 0 Å². The van der Waals surface area contributed by atoms with Crippen molar-refractivity contribution in [3.63, 3.8) is 0 Å². The van der Waals surface area contributed by atoms with Crippen LogP contribution in [-0.2, 0) is 21.7 Å². The number of benzene rings is 1. The molecule has 14 heavy (non-hydrogen) atoms. The molecule has 0 saturated heterocycles. The average Bonchev–Trinajstić information content (AvgIpc) is 2.58. The second kappa shape index (κ2) is 8.31. The third-order valence-electron chi connectivity index (χ3n) is 1.78. The number of halogens is 2. The number of hydrogen-bond acceptors (Lipinski definition) is 0. The van der Waals surface area contributed by atoms with Crippen LogP contribution in [0.2, 0.25) is 0 Å². The minimum Gasteiger partial charge on any atom is -0.197 e. The second-order valence-corrected chi connectivity index (χ2v) is 2.56. The van der Waals surface area contributed by atoms with Crippen molar-refractivity contribution in [2.24, 2.45) is 0 Å². The minimum absolute atomic E-state index is 0. The van der Waals surface area contributed by atoms with Crippen molar-refractivity contribution in [3.8, 4) is 0 Å². The van der Waals surface area contributed by atoms with E-state index in [-0.39, 0.29) is 46.5 Å². The molecule has 1 aromatic rings. The van der Waals surface area contributed by atoms with Crippen molar-refractivity contribution in [2.75, 3.05) is 0 Å². The molecule has 0 radical (unpaired) electrons. The number of allylic oxidation sites excluding steroid dienone is 4. The fraction of sp³-hybridized carbons (Fsp3) is 0.0909. The molecule has 0 bridgehead atoms. The zero-order chi connectivity index (χ0) is 7.52. The van der Waals surface area contributed by atoms with Gasteiger partial charge in [0.1, 0.15) is 0 Å². The molecule has 1 aromatic carbocycles. The van der Waals surface area contributed by atoms with Gasteiger partial charge in [-0.2, -0.15) is 17.7 Å². The SMILES string of the molecule is Cl.Cl.[C-]1=C(c2ccccc2)C=CC1.[Ti]. The molecule has 2 rings (SSSR count). The summed E-state index contributed by atoms with van der Waals surface area (Å²) in [7, 11) is 0. The zero-order valence-corrected chi connectivity index (χ0v) is 10.8. The van der Waals surface area contributed by atoms with Gasteiger partial charge in [-0.3, -0.25) is 0 Å². The van der Waals surface area contributed by atoms with Gasteiger partial charge in [0.2, 0.25) is 0 Å². The molecular formula is C11H11Cl2Ti-. The van der Waals surface area contributed by atoms with E-state index < -0.39 is 0 Å². The van der Waals surface area contributed by atoms with Gasteiger partial charge in [-0.15, -0.1) is 48.6 Å². The molecule has 0 fully saturated rings. The van der Waals surface area contributed by atoms with E-state index in [9.17, 15) is 0 Å². The van der Waals surface area contributed by atoms with Crippen LogP contribution in [-0.4, -0.2) is 0 Å². The summed E-state index contributed by atoms with van der Waals surface area (Å²) in [4.78, 5) is 0. The Bertz CT molecular complexity index is 304. The molecular weight excluding hydrogens is 251 g/mol. The fourth-order valence-electron chi connectivity index (χ4n) is 1.22. The Labute approximate surface area is 112 Å². The molecule has 0 spiro atoms.